The second-order valence-corrected chi connectivity index (χ2v) is 7.28. The Labute approximate surface area is 145 Å². The third-order valence-electron chi connectivity index (χ3n) is 3.76. The highest BCUT2D eigenvalue weighted by Gasteiger charge is 2.33. The van der Waals surface area contributed by atoms with Gasteiger partial charge in [-0.05, 0) is 31.9 Å². The maximum atomic E-state index is 11.6. The van der Waals surface area contributed by atoms with Crippen LogP contribution in [0, 0.1) is 0 Å². The summed E-state index contributed by atoms with van der Waals surface area (Å²) in [5.74, 6) is 0. The van der Waals surface area contributed by atoms with Crippen LogP contribution in [0.3, 0.4) is 0 Å². The molecule has 130 valence electrons. The normalized spacial score (nSPS) is 12.9. The van der Waals surface area contributed by atoms with E-state index in [9.17, 15) is 20.1 Å². The third kappa shape index (κ3) is 3.75. The fourth-order valence-corrected chi connectivity index (χ4v) is 3.51. The summed E-state index contributed by atoms with van der Waals surface area (Å²) in [6.45, 7) is 4.96. The maximum absolute atomic E-state index is 11.6. The average Bonchev–Trinajstić information content (AvgIpc) is 2.99. The number of carboxylic acid groups (broad SMARTS) is 1. The van der Waals surface area contributed by atoms with E-state index in [1.165, 1.54) is 16.2 Å². The highest BCUT2D eigenvalue weighted by Crippen LogP contribution is 2.32. The molecule has 0 aliphatic heterocycles. The first kappa shape index (κ1) is 18.4. The second-order valence-electron chi connectivity index (χ2n) is 6.43. The smallest absolute Gasteiger partial charge is 0.408 e. The lowest BCUT2D eigenvalue weighted by atomic mass is 9.98. The van der Waals surface area contributed by atoms with E-state index in [0.29, 0.717) is 11.3 Å². The zero-order valence-corrected chi connectivity index (χ0v) is 14.7. The summed E-state index contributed by atoms with van der Waals surface area (Å²) in [6.07, 6.45) is -1.07. The molecule has 1 aromatic carbocycles. The van der Waals surface area contributed by atoms with Crippen LogP contribution in [0.2, 0.25) is 0 Å². The van der Waals surface area contributed by atoms with E-state index in [1.54, 1.807) is 38.4 Å². The van der Waals surface area contributed by atoms with Gasteiger partial charge in [0.1, 0.15) is 0 Å². The molecule has 0 saturated heterocycles. The quantitative estimate of drug-likeness (QED) is 0.770. The molecule has 1 atom stereocenters. The molecule has 0 unspecified atom stereocenters. The summed E-state index contributed by atoms with van der Waals surface area (Å²) in [5, 5.41) is 28.6. The van der Waals surface area contributed by atoms with E-state index in [2.05, 4.69) is 4.98 Å². The molecular formula is C17H22N2O4S. The van der Waals surface area contributed by atoms with Crippen molar-refractivity contribution in [1.82, 2.24) is 9.88 Å². The molecule has 0 aliphatic rings. The van der Waals surface area contributed by atoms with E-state index in [-0.39, 0.29) is 13.2 Å². The van der Waals surface area contributed by atoms with Crippen molar-refractivity contribution in [1.29, 1.82) is 0 Å². The molecule has 24 heavy (non-hydrogen) atoms. The molecule has 7 heteroatoms. The van der Waals surface area contributed by atoms with E-state index >= 15 is 0 Å². The molecule has 0 spiro atoms. The molecule has 2 aromatic rings. The van der Waals surface area contributed by atoms with Crippen LogP contribution in [0.4, 0.5) is 4.79 Å². The summed E-state index contributed by atoms with van der Waals surface area (Å²) in [7, 11) is 0. The van der Waals surface area contributed by atoms with E-state index in [4.69, 9.17) is 0 Å². The maximum Gasteiger partial charge on any atom is 0.408 e. The van der Waals surface area contributed by atoms with Gasteiger partial charge in [0.25, 0.3) is 0 Å². The molecule has 1 heterocycles. The number of thiazole rings is 1. The van der Waals surface area contributed by atoms with Crippen LogP contribution in [-0.4, -0.2) is 43.4 Å². The molecule has 3 N–H and O–H groups in total. The Kier molecular flexibility index (Phi) is 5.58. The molecule has 2 rings (SSSR count). The monoisotopic (exact) mass is 350 g/mol. The Hall–Kier alpha value is -1.96. The first-order valence-electron chi connectivity index (χ1n) is 7.56. The zero-order valence-electron chi connectivity index (χ0n) is 13.9. The van der Waals surface area contributed by atoms with Crippen LogP contribution in [0.5, 0.6) is 0 Å². The van der Waals surface area contributed by atoms with Gasteiger partial charge in [-0.25, -0.2) is 9.78 Å². The summed E-state index contributed by atoms with van der Waals surface area (Å²) in [5.41, 5.74) is 3.28. The number of aliphatic hydroxyl groups is 2. The van der Waals surface area contributed by atoms with Crippen LogP contribution < -0.4 is 0 Å². The van der Waals surface area contributed by atoms with E-state index in [1.807, 2.05) is 12.1 Å². The lowest BCUT2D eigenvalue weighted by Crippen LogP contribution is -2.48. The lowest BCUT2D eigenvalue weighted by molar-refractivity contribution is 0.0458. The summed E-state index contributed by atoms with van der Waals surface area (Å²) in [6, 6.07) is 6.67. The van der Waals surface area contributed by atoms with Gasteiger partial charge in [0.05, 0.1) is 35.3 Å². The largest absolute Gasteiger partial charge is 0.465 e. The van der Waals surface area contributed by atoms with E-state index in [0.717, 1.165) is 10.4 Å². The first-order chi connectivity index (χ1) is 11.3. The standard InChI is InChI=1S/C17H22N2O4S/c1-17(2,3)19(16(22)23)14(9-21)11-4-6-12(7-5-11)15-13(8-20)18-10-24-15/h4-7,10,14,20-21H,8-9H2,1-3H3,(H,22,23)/t14-/m0/s1. The molecule has 0 saturated carbocycles. The molecule has 1 amide bonds. The number of aromatic nitrogens is 1. The Morgan fingerprint density at radius 3 is 2.33 bits per heavy atom. The van der Waals surface area contributed by atoms with Gasteiger partial charge in [-0.3, -0.25) is 4.90 Å². The van der Waals surface area contributed by atoms with Gasteiger partial charge in [-0.1, -0.05) is 24.3 Å². The highest BCUT2D eigenvalue weighted by molar-refractivity contribution is 7.13. The highest BCUT2D eigenvalue weighted by atomic mass is 32.1. The van der Waals surface area contributed by atoms with Gasteiger partial charge in [0.15, 0.2) is 0 Å². The van der Waals surface area contributed by atoms with Crippen molar-refractivity contribution in [2.45, 2.75) is 39.0 Å². The Balaban J connectivity index is 2.36. The minimum Gasteiger partial charge on any atom is -0.465 e. The third-order valence-corrected chi connectivity index (χ3v) is 4.68. The topological polar surface area (TPSA) is 93.9 Å². The van der Waals surface area contributed by atoms with Gasteiger partial charge < -0.3 is 15.3 Å². The van der Waals surface area contributed by atoms with Crippen molar-refractivity contribution in [2.24, 2.45) is 0 Å². The zero-order chi connectivity index (χ0) is 17.9. The van der Waals surface area contributed by atoms with Crippen molar-refractivity contribution >= 4 is 17.4 Å². The summed E-state index contributed by atoms with van der Waals surface area (Å²) < 4.78 is 0. The van der Waals surface area contributed by atoms with Gasteiger partial charge in [0.2, 0.25) is 0 Å². The SMILES string of the molecule is CC(C)(C)N(C(=O)O)[C@@H](CO)c1ccc(-c2scnc2CO)cc1. The molecule has 0 bridgehead atoms. The molecule has 0 fully saturated rings. The fourth-order valence-electron chi connectivity index (χ4n) is 2.70. The van der Waals surface area contributed by atoms with Crippen LogP contribution >= 0.6 is 11.3 Å². The van der Waals surface area contributed by atoms with Gasteiger partial charge in [0, 0.05) is 5.54 Å². The number of hydrogen-bond acceptors (Lipinski definition) is 5. The summed E-state index contributed by atoms with van der Waals surface area (Å²) in [4.78, 5) is 17.9. The van der Waals surface area contributed by atoms with Crippen LogP contribution in [0.25, 0.3) is 10.4 Å². The molecule has 0 radical (unpaired) electrons. The van der Waals surface area contributed by atoms with Crippen LogP contribution in [0.1, 0.15) is 38.1 Å². The number of benzene rings is 1. The number of rotatable bonds is 5. The minimum atomic E-state index is -1.07. The van der Waals surface area contributed by atoms with Crippen molar-refractivity contribution in [2.75, 3.05) is 6.61 Å². The van der Waals surface area contributed by atoms with Gasteiger partial charge >= 0.3 is 6.09 Å². The van der Waals surface area contributed by atoms with E-state index < -0.39 is 17.7 Å². The molecule has 1 aromatic heterocycles. The number of aliphatic hydroxyl groups excluding tert-OH is 2. The predicted octanol–water partition coefficient (Wildman–Crippen LogP) is 3.11. The number of carbonyl (C=O) groups is 1. The first-order valence-corrected chi connectivity index (χ1v) is 8.44. The predicted molar refractivity (Wildman–Crippen MR) is 92.9 cm³/mol. The summed E-state index contributed by atoms with van der Waals surface area (Å²) >= 11 is 1.44. The van der Waals surface area contributed by atoms with Crippen LogP contribution in [0.15, 0.2) is 29.8 Å². The Morgan fingerprint density at radius 1 is 1.25 bits per heavy atom. The number of nitrogens with zero attached hydrogens (tertiary/aromatic N) is 2. The Bertz CT molecular complexity index is 691. The molecule has 6 nitrogen and oxygen atoms in total. The number of amides is 1. The molecule has 0 aliphatic carbocycles. The number of hydrogen-bond donors (Lipinski definition) is 3. The van der Waals surface area contributed by atoms with Gasteiger partial charge in [-0.15, -0.1) is 11.3 Å². The Morgan fingerprint density at radius 2 is 1.88 bits per heavy atom. The van der Waals surface area contributed by atoms with Crippen LogP contribution in [-0.2, 0) is 6.61 Å². The molecular weight excluding hydrogens is 328 g/mol. The minimum absolute atomic E-state index is 0.128. The second kappa shape index (κ2) is 7.29. The van der Waals surface area contributed by atoms with Crippen molar-refractivity contribution < 1.29 is 20.1 Å². The fraction of sp³-hybridized carbons (Fsp3) is 0.412. The van der Waals surface area contributed by atoms with Crippen molar-refractivity contribution in [3.05, 3.63) is 41.0 Å². The van der Waals surface area contributed by atoms with Crippen molar-refractivity contribution in [3.8, 4) is 10.4 Å². The lowest BCUT2D eigenvalue weighted by Gasteiger charge is -2.39. The van der Waals surface area contributed by atoms with Gasteiger partial charge in [-0.2, -0.15) is 0 Å². The average molecular weight is 350 g/mol. The van der Waals surface area contributed by atoms with Crippen molar-refractivity contribution in [3.63, 3.8) is 0 Å².